The highest BCUT2D eigenvalue weighted by molar-refractivity contribution is 9.10. The molecule has 0 saturated carbocycles. The molecule has 2 rings (SSSR count). The standard InChI is InChI=1S/C14H13BrClNO/c1-18-14-5-3-2-4-10(14)9-17-11-6-7-13(16)12(15)8-11/h2-8,17H,9H2,1H3. The second kappa shape index (κ2) is 6.12. The smallest absolute Gasteiger partial charge is 0.123 e. The summed E-state index contributed by atoms with van der Waals surface area (Å²) in [5.74, 6) is 0.887. The minimum Gasteiger partial charge on any atom is -0.496 e. The fourth-order valence-corrected chi connectivity index (χ4v) is 2.15. The molecule has 2 aromatic carbocycles. The van der Waals surface area contributed by atoms with Gasteiger partial charge in [0.1, 0.15) is 5.75 Å². The van der Waals surface area contributed by atoms with Crippen LogP contribution in [0.4, 0.5) is 5.69 Å². The van der Waals surface area contributed by atoms with Crippen molar-refractivity contribution in [3.63, 3.8) is 0 Å². The normalized spacial score (nSPS) is 10.2. The van der Waals surface area contributed by atoms with Crippen molar-refractivity contribution in [3.05, 3.63) is 57.5 Å². The molecule has 0 aliphatic rings. The molecule has 1 N–H and O–H groups in total. The molecule has 0 aliphatic carbocycles. The van der Waals surface area contributed by atoms with Gasteiger partial charge in [-0.2, -0.15) is 0 Å². The first kappa shape index (κ1) is 13.2. The van der Waals surface area contributed by atoms with Crippen LogP contribution in [0.3, 0.4) is 0 Å². The third-order valence-corrected chi connectivity index (χ3v) is 3.81. The molecule has 0 bridgehead atoms. The van der Waals surface area contributed by atoms with Crippen LogP contribution in [-0.2, 0) is 6.54 Å². The van der Waals surface area contributed by atoms with E-state index in [1.54, 1.807) is 7.11 Å². The van der Waals surface area contributed by atoms with Crippen molar-refractivity contribution in [1.29, 1.82) is 0 Å². The monoisotopic (exact) mass is 325 g/mol. The summed E-state index contributed by atoms with van der Waals surface area (Å²) in [6.07, 6.45) is 0. The van der Waals surface area contributed by atoms with Gasteiger partial charge in [-0.25, -0.2) is 0 Å². The van der Waals surface area contributed by atoms with Crippen LogP contribution in [0, 0.1) is 0 Å². The molecule has 0 fully saturated rings. The molecule has 2 nitrogen and oxygen atoms in total. The highest BCUT2D eigenvalue weighted by atomic mass is 79.9. The number of hydrogen-bond acceptors (Lipinski definition) is 2. The molecule has 0 heterocycles. The molecule has 0 aliphatic heterocycles. The van der Waals surface area contributed by atoms with Crippen LogP contribution in [0.1, 0.15) is 5.56 Å². The lowest BCUT2D eigenvalue weighted by Gasteiger charge is -2.11. The van der Waals surface area contributed by atoms with E-state index in [2.05, 4.69) is 21.2 Å². The van der Waals surface area contributed by atoms with Crippen molar-refractivity contribution in [2.75, 3.05) is 12.4 Å². The molecule has 18 heavy (non-hydrogen) atoms. The summed E-state index contributed by atoms with van der Waals surface area (Å²) < 4.78 is 6.19. The molecule has 0 radical (unpaired) electrons. The molecule has 4 heteroatoms. The Morgan fingerprint density at radius 3 is 2.72 bits per heavy atom. The van der Waals surface area contributed by atoms with Gasteiger partial charge in [0.25, 0.3) is 0 Å². The van der Waals surface area contributed by atoms with Crippen molar-refractivity contribution < 1.29 is 4.74 Å². The van der Waals surface area contributed by atoms with Crippen LogP contribution >= 0.6 is 27.5 Å². The van der Waals surface area contributed by atoms with Gasteiger partial charge in [-0.05, 0) is 40.2 Å². The quantitative estimate of drug-likeness (QED) is 0.877. The third kappa shape index (κ3) is 3.18. The van der Waals surface area contributed by atoms with Gasteiger partial charge in [0.05, 0.1) is 12.1 Å². The number of para-hydroxylation sites is 1. The second-order valence-corrected chi connectivity index (χ2v) is 5.06. The van der Waals surface area contributed by atoms with Gasteiger partial charge < -0.3 is 10.1 Å². The number of benzene rings is 2. The lowest BCUT2D eigenvalue weighted by atomic mass is 10.2. The first-order valence-electron chi connectivity index (χ1n) is 5.51. The Labute approximate surface area is 120 Å². The van der Waals surface area contributed by atoms with Crippen LogP contribution < -0.4 is 10.1 Å². The summed E-state index contributed by atoms with van der Waals surface area (Å²) in [4.78, 5) is 0. The predicted molar refractivity (Wildman–Crippen MR) is 79.5 cm³/mol. The van der Waals surface area contributed by atoms with Crippen molar-refractivity contribution in [1.82, 2.24) is 0 Å². The Bertz CT molecular complexity index is 545. The topological polar surface area (TPSA) is 21.3 Å². The molecule has 2 aromatic rings. The molecule has 0 amide bonds. The highest BCUT2D eigenvalue weighted by Crippen LogP contribution is 2.26. The Balaban J connectivity index is 2.09. The minimum absolute atomic E-state index is 0.706. The molecular weight excluding hydrogens is 314 g/mol. The highest BCUT2D eigenvalue weighted by Gasteiger charge is 2.02. The lowest BCUT2D eigenvalue weighted by Crippen LogP contribution is -2.01. The molecule has 0 saturated heterocycles. The maximum atomic E-state index is 5.95. The summed E-state index contributed by atoms with van der Waals surface area (Å²) in [7, 11) is 1.68. The van der Waals surface area contributed by atoms with E-state index in [9.17, 15) is 0 Å². The average Bonchev–Trinajstić information content (AvgIpc) is 2.40. The average molecular weight is 327 g/mol. The molecule has 0 atom stereocenters. The number of rotatable bonds is 4. The first-order valence-corrected chi connectivity index (χ1v) is 6.68. The zero-order valence-electron chi connectivity index (χ0n) is 9.91. The van der Waals surface area contributed by atoms with Crippen LogP contribution in [0.2, 0.25) is 5.02 Å². The van der Waals surface area contributed by atoms with E-state index in [0.29, 0.717) is 11.6 Å². The molecule has 0 unspecified atom stereocenters. The minimum atomic E-state index is 0.706. The van der Waals surface area contributed by atoms with E-state index in [1.807, 2.05) is 42.5 Å². The van der Waals surface area contributed by atoms with Gasteiger partial charge in [0.15, 0.2) is 0 Å². The number of hydrogen-bond donors (Lipinski definition) is 1. The molecule has 0 spiro atoms. The van der Waals surface area contributed by atoms with Gasteiger partial charge >= 0.3 is 0 Å². The van der Waals surface area contributed by atoms with Gasteiger partial charge in [-0.15, -0.1) is 0 Å². The maximum absolute atomic E-state index is 5.95. The van der Waals surface area contributed by atoms with E-state index in [0.717, 1.165) is 21.5 Å². The Hall–Kier alpha value is -1.19. The Morgan fingerprint density at radius 1 is 1.22 bits per heavy atom. The van der Waals surface area contributed by atoms with Crippen LogP contribution in [0.25, 0.3) is 0 Å². The zero-order valence-corrected chi connectivity index (χ0v) is 12.3. The summed E-state index contributed by atoms with van der Waals surface area (Å²) in [6.45, 7) is 0.706. The summed E-state index contributed by atoms with van der Waals surface area (Å²) in [5.41, 5.74) is 2.13. The summed E-state index contributed by atoms with van der Waals surface area (Å²) >= 11 is 9.35. The SMILES string of the molecule is COc1ccccc1CNc1ccc(Cl)c(Br)c1. The van der Waals surface area contributed by atoms with Crippen molar-refractivity contribution >= 4 is 33.2 Å². The second-order valence-electron chi connectivity index (χ2n) is 3.79. The number of anilines is 1. The Morgan fingerprint density at radius 2 is 2.00 bits per heavy atom. The summed E-state index contributed by atoms with van der Waals surface area (Å²) in [5, 5.41) is 4.04. The molecule has 94 valence electrons. The number of nitrogens with one attached hydrogen (secondary N) is 1. The van der Waals surface area contributed by atoms with E-state index < -0.39 is 0 Å². The third-order valence-electron chi connectivity index (χ3n) is 2.60. The number of halogens is 2. The summed E-state index contributed by atoms with van der Waals surface area (Å²) in [6, 6.07) is 13.7. The van der Waals surface area contributed by atoms with Crippen LogP contribution in [-0.4, -0.2) is 7.11 Å². The number of methoxy groups -OCH3 is 1. The fraction of sp³-hybridized carbons (Fsp3) is 0.143. The van der Waals surface area contributed by atoms with Gasteiger partial charge in [0.2, 0.25) is 0 Å². The lowest BCUT2D eigenvalue weighted by molar-refractivity contribution is 0.410. The Kier molecular flexibility index (Phi) is 4.50. The van der Waals surface area contributed by atoms with E-state index >= 15 is 0 Å². The van der Waals surface area contributed by atoms with E-state index in [-0.39, 0.29) is 0 Å². The maximum Gasteiger partial charge on any atom is 0.123 e. The van der Waals surface area contributed by atoms with Crippen molar-refractivity contribution in [2.24, 2.45) is 0 Å². The predicted octanol–water partition coefficient (Wildman–Crippen LogP) is 4.72. The van der Waals surface area contributed by atoms with E-state index in [4.69, 9.17) is 16.3 Å². The van der Waals surface area contributed by atoms with Crippen LogP contribution in [0.5, 0.6) is 5.75 Å². The van der Waals surface area contributed by atoms with Gasteiger partial charge in [0, 0.05) is 22.3 Å². The van der Waals surface area contributed by atoms with E-state index in [1.165, 1.54) is 0 Å². The van der Waals surface area contributed by atoms with Gasteiger partial charge in [-0.3, -0.25) is 0 Å². The largest absolute Gasteiger partial charge is 0.496 e. The van der Waals surface area contributed by atoms with Crippen molar-refractivity contribution in [3.8, 4) is 5.75 Å². The van der Waals surface area contributed by atoms with Crippen molar-refractivity contribution in [2.45, 2.75) is 6.54 Å². The molecule has 0 aromatic heterocycles. The van der Waals surface area contributed by atoms with Crippen LogP contribution in [0.15, 0.2) is 46.9 Å². The molecular formula is C14H13BrClNO. The number of ether oxygens (including phenoxy) is 1. The first-order chi connectivity index (χ1) is 8.70. The zero-order chi connectivity index (χ0) is 13.0. The fourth-order valence-electron chi connectivity index (χ4n) is 1.65. The van der Waals surface area contributed by atoms with Gasteiger partial charge in [-0.1, -0.05) is 29.8 Å².